The van der Waals surface area contributed by atoms with Gasteiger partial charge in [-0.25, -0.2) is 13.4 Å². The molecule has 0 atom stereocenters. The third kappa shape index (κ3) is 2.83. The van der Waals surface area contributed by atoms with Crippen LogP contribution >= 0.6 is 11.3 Å². The molecule has 0 saturated carbocycles. The number of hydrogen-bond donors (Lipinski definition) is 2. The summed E-state index contributed by atoms with van der Waals surface area (Å²) in [4.78, 5) is 5.70. The number of anilines is 1. The predicted octanol–water partition coefficient (Wildman–Crippen LogP) is 2.18. The molecule has 8 heteroatoms. The SMILES string of the molecule is Cc1oc(CN)cc1S(=O)(=O)Nc1nc2c(s1)CCCC2. The molecule has 0 bridgehead atoms. The number of furan rings is 1. The number of nitrogens with one attached hydrogen (secondary N) is 1. The highest BCUT2D eigenvalue weighted by Gasteiger charge is 2.24. The zero-order chi connectivity index (χ0) is 15.0. The maximum Gasteiger partial charge on any atom is 0.267 e. The van der Waals surface area contributed by atoms with E-state index in [0.29, 0.717) is 16.7 Å². The third-order valence-electron chi connectivity index (χ3n) is 3.48. The van der Waals surface area contributed by atoms with Crippen LogP contribution < -0.4 is 10.5 Å². The molecule has 2 aromatic rings. The lowest BCUT2D eigenvalue weighted by Crippen LogP contribution is -2.13. The fraction of sp³-hybridized carbons (Fsp3) is 0.462. The topological polar surface area (TPSA) is 98.2 Å². The van der Waals surface area contributed by atoms with Crippen LogP contribution in [0.25, 0.3) is 0 Å². The molecule has 3 rings (SSSR count). The van der Waals surface area contributed by atoms with Gasteiger partial charge in [0.2, 0.25) is 0 Å². The monoisotopic (exact) mass is 327 g/mol. The van der Waals surface area contributed by atoms with Crippen LogP contribution in [-0.4, -0.2) is 13.4 Å². The van der Waals surface area contributed by atoms with Gasteiger partial charge in [0.25, 0.3) is 10.0 Å². The second-order valence-electron chi connectivity index (χ2n) is 5.04. The zero-order valence-electron chi connectivity index (χ0n) is 11.7. The Balaban J connectivity index is 1.88. The second kappa shape index (κ2) is 5.43. The molecule has 114 valence electrons. The van der Waals surface area contributed by atoms with Gasteiger partial charge in [-0.05, 0) is 32.6 Å². The fourth-order valence-electron chi connectivity index (χ4n) is 2.46. The standard InChI is InChI=1S/C13H17N3O3S2/c1-8-12(6-9(7-14)19-8)21(17,18)16-13-15-10-4-2-3-5-11(10)20-13/h6H,2-5,7,14H2,1H3,(H,15,16). The molecule has 0 radical (unpaired) electrons. The van der Waals surface area contributed by atoms with E-state index < -0.39 is 10.0 Å². The van der Waals surface area contributed by atoms with Gasteiger partial charge in [0, 0.05) is 10.9 Å². The summed E-state index contributed by atoms with van der Waals surface area (Å²) in [5.41, 5.74) is 6.50. The van der Waals surface area contributed by atoms with Crippen LogP contribution in [0.2, 0.25) is 0 Å². The van der Waals surface area contributed by atoms with E-state index in [1.807, 2.05) is 0 Å². The Bertz CT molecular complexity index is 738. The van der Waals surface area contributed by atoms with Gasteiger partial charge in [-0.2, -0.15) is 0 Å². The highest BCUT2D eigenvalue weighted by molar-refractivity contribution is 7.93. The smallest absolute Gasteiger partial charge is 0.267 e. The van der Waals surface area contributed by atoms with Gasteiger partial charge < -0.3 is 10.2 Å². The summed E-state index contributed by atoms with van der Waals surface area (Å²) in [5, 5.41) is 0.428. The Morgan fingerprint density at radius 1 is 1.43 bits per heavy atom. The molecular weight excluding hydrogens is 310 g/mol. The van der Waals surface area contributed by atoms with Crippen molar-refractivity contribution in [2.45, 2.75) is 44.0 Å². The number of thiazole rings is 1. The van der Waals surface area contributed by atoms with Gasteiger partial charge >= 0.3 is 0 Å². The largest absolute Gasteiger partial charge is 0.464 e. The normalized spacial score (nSPS) is 15.0. The van der Waals surface area contributed by atoms with Crippen molar-refractivity contribution in [1.82, 2.24) is 4.98 Å². The van der Waals surface area contributed by atoms with Crippen molar-refractivity contribution in [3.05, 3.63) is 28.2 Å². The summed E-state index contributed by atoms with van der Waals surface area (Å²) >= 11 is 1.42. The van der Waals surface area contributed by atoms with Crippen LogP contribution in [0.5, 0.6) is 0 Å². The first-order chi connectivity index (χ1) is 9.99. The van der Waals surface area contributed by atoms with E-state index in [9.17, 15) is 8.42 Å². The number of rotatable bonds is 4. The molecule has 0 aromatic carbocycles. The second-order valence-corrected chi connectivity index (χ2v) is 7.77. The first-order valence-corrected chi connectivity index (χ1v) is 9.10. The molecule has 21 heavy (non-hydrogen) atoms. The molecule has 0 saturated heterocycles. The molecule has 0 fully saturated rings. The van der Waals surface area contributed by atoms with Crippen LogP contribution in [-0.2, 0) is 29.4 Å². The third-order valence-corrected chi connectivity index (χ3v) is 6.13. The molecule has 2 aromatic heterocycles. The molecule has 0 amide bonds. The van der Waals surface area contributed by atoms with Crippen molar-refractivity contribution < 1.29 is 12.8 Å². The van der Waals surface area contributed by atoms with Crippen molar-refractivity contribution in [2.75, 3.05) is 4.72 Å². The molecule has 0 aliphatic heterocycles. The molecule has 1 aliphatic rings. The van der Waals surface area contributed by atoms with E-state index in [1.54, 1.807) is 6.92 Å². The predicted molar refractivity (Wildman–Crippen MR) is 80.9 cm³/mol. The van der Waals surface area contributed by atoms with E-state index in [4.69, 9.17) is 10.2 Å². The lowest BCUT2D eigenvalue weighted by molar-refractivity contribution is 0.479. The van der Waals surface area contributed by atoms with Gasteiger partial charge in [-0.15, -0.1) is 11.3 Å². The van der Waals surface area contributed by atoms with Crippen molar-refractivity contribution in [1.29, 1.82) is 0 Å². The van der Waals surface area contributed by atoms with Gasteiger partial charge in [0.15, 0.2) is 5.13 Å². The molecule has 0 unspecified atom stereocenters. The van der Waals surface area contributed by atoms with Crippen LogP contribution in [0.15, 0.2) is 15.4 Å². The van der Waals surface area contributed by atoms with Gasteiger partial charge in [0.05, 0.1) is 12.2 Å². The summed E-state index contributed by atoms with van der Waals surface area (Å²) in [6.45, 7) is 1.78. The van der Waals surface area contributed by atoms with Gasteiger partial charge in [-0.3, -0.25) is 4.72 Å². The number of nitrogens with two attached hydrogens (primary N) is 1. The van der Waals surface area contributed by atoms with Crippen molar-refractivity contribution in [2.24, 2.45) is 5.73 Å². The van der Waals surface area contributed by atoms with Crippen LogP contribution in [0.4, 0.5) is 5.13 Å². The highest BCUT2D eigenvalue weighted by atomic mass is 32.2. The summed E-state index contributed by atoms with van der Waals surface area (Å²) in [7, 11) is -3.68. The van der Waals surface area contributed by atoms with Crippen molar-refractivity contribution in [3.63, 3.8) is 0 Å². The van der Waals surface area contributed by atoms with Crippen LogP contribution in [0, 0.1) is 6.92 Å². The molecule has 1 aliphatic carbocycles. The Labute approximate surface area is 127 Å². The zero-order valence-corrected chi connectivity index (χ0v) is 13.3. The highest BCUT2D eigenvalue weighted by Crippen LogP contribution is 2.31. The minimum absolute atomic E-state index is 0.121. The lowest BCUT2D eigenvalue weighted by atomic mass is 10.0. The minimum Gasteiger partial charge on any atom is -0.464 e. The number of aromatic nitrogens is 1. The summed E-state index contributed by atoms with van der Waals surface area (Å²) in [6.07, 6.45) is 4.16. The lowest BCUT2D eigenvalue weighted by Gasteiger charge is -2.06. The van der Waals surface area contributed by atoms with E-state index in [0.717, 1.165) is 31.4 Å². The molecular formula is C13H17N3O3S2. The molecule has 2 heterocycles. The Morgan fingerprint density at radius 2 is 2.19 bits per heavy atom. The summed E-state index contributed by atoms with van der Waals surface area (Å²) < 4.78 is 32.7. The van der Waals surface area contributed by atoms with Crippen LogP contribution in [0.1, 0.15) is 34.9 Å². The first-order valence-electron chi connectivity index (χ1n) is 6.80. The average Bonchev–Trinajstić information content (AvgIpc) is 3.00. The van der Waals surface area contributed by atoms with Crippen molar-refractivity contribution >= 4 is 26.5 Å². The van der Waals surface area contributed by atoms with Gasteiger partial charge in [0.1, 0.15) is 16.4 Å². The number of fused-ring (bicyclic) bond motifs is 1. The molecule has 6 nitrogen and oxygen atoms in total. The van der Waals surface area contributed by atoms with E-state index in [2.05, 4.69) is 9.71 Å². The number of aryl methyl sites for hydroxylation is 3. The quantitative estimate of drug-likeness (QED) is 0.897. The summed E-state index contributed by atoms with van der Waals surface area (Å²) in [6, 6.07) is 1.46. The number of nitrogens with zero attached hydrogens (tertiary/aromatic N) is 1. The minimum atomic E-state index is -3.68. The Kier molecular flexibility index (Phi) is 3.76. The Hall–Kier alpha value is -1.38. The van der Waals surface area contributed by atoms with E-state index in [1.165, 1.54) is 22.3 Å². The maximum atomic E-state index is 12.4. The van der Waals surface area contributed by atoms with Crippen molar-refractivity contribution in [3.8, 4) is 0 Å². The fourth-order valence-corrected chi connectivity index (χ4v) is 4.95. The first kappa shape index (κ1) is 14.6. The number of sulfonamides is 1. The molecule has 3 N–H and O–H groups in total. The maximum absolute atomic E-state index is 12.4. The van der Waals surface area contributed by atoms with Crippen LogP contribution in [0.3, 0.4) is 0 Å². The number of hydrogen-bond acceptors (Lipinski definition) is 6. The average molecular weight is 327 g/mol. The van der Waals surface area contributed by atoms with E-state index >= 15 is 0 Å². The van der Waals surface area contributed by atoms with E-state index in [-0.39, 0.29) is 11.4 Å². The Morgan fingerprint density at radius 3 is 2.86 bits per heavy atom. The van der Waals surface area contributed by atoms with Gasteiger partial charge in [-0.1, -0.05) is 0 Å². The summed E-state index contributed by atoms with van der Waals surface area (Å²) in [5.74, 6) is 0.788. The molecule has 0 spiro atoms.